The summed E-state index contributed by atoms with van der Waals surface area (Å²) < 4.78 is 1.11. The summed E-state index contributed by atoms with van der Waals surface area (Å²) in [6, 6.07) is 10.8. The maximum Gasteiger partial charge on any atom is 0.307 e. The summed E-state index contributed by atoms with van der Waals surface area (Å²) in [5, 5.41) is 13.4. The lowest BCUT2D eigenvalue weighted by Crippen LogP contribution is -2.13. The van der Waals surface area contributed by atoms with E-state index >= 15 is 0 Å². The van der Waals surface area contributed by atoms with Crippen molar-refractivity contribution in [2.45, 2.75) is 10.6 Å². The fourth-order valence-corrected chi connectivity index (χ4v) is 3.14. The van der Waals surface area contributed by atoms with Crippen LogP contribution in [0.15, 0.2) is 46.0 Å². The van der Waals surface area contributed by atoms with Crippen LogP contribution in [0.1, 0.15) is 5.56 Å². The van der Waals surface area contributed by atoms with Crippen LogP contribution in [0.5, 0.6) is 0 Å². The van der Waals surface area contributed by atoms with Crippen molar-refractivity contribution in [2.75, 3.05) is 11.1 Å². The molecule has 0 saturated heterocycles. The second-order valence-corrected chi connectivity index (χ2v) is 6.26. The predicted molar refractivity (Wildman–Crippen MR) is 81.5 cm³/mol. The van der Waals surface area contributed by atoms with Crippen LogP contribution in [0.2, 0.25) is 0 Å². The predicted octanol–water partition coefficient (Wildman–Crippen LogP) is 3.11. The van der Waals surface area contributed by atoms with Crippen LogP contribution < -0.4 is 5.32 Å². The fourth-order valence-electron chi connectivity index (χ4n) is 1.56. The molecular formula is C14H13NO3S2. The van der Waals surface area contributed by atoms with Gasteiger partial charge in [0.1, 0.15) is 0 Å². The third-order valence-electron chi connectivity index (χ3n) is 2.43. The van der Waals surface area contributed by atoms with Crippen molar-refractivity contribution in [3.63, 3.8) is 0 Å². The molecule has 0 aliphatic rings. The number of carboxylic acids is 1. The molecule has 0 saturated carbocycles. The van der Waals surface area contributed by atoms with Crippen molar-refractivity contribution < 1.29 is 14.7 Å². The van der Waals surface area contributed by atoms with Crippen molar-refractivity contribution in [3.05, 3.63) is 47.3 Å². The minimum absolute atomic E-state index is 0.0115. The molecule has 6 heteroatoms. The number of thioether (sulfide) groups is 1. The molecule has 0 atom stereocenters. The molecule has 0 unspecified atom stereocenters. The number of nitrogens with one attached hydrogen (secondary N) is 1. The highest BCUT2D eigenvalue weighted by atomic mass is 32.2. The van der Waals surface area contributed by atoms with Gasteiger partial charge in [-0.1, -0.05) is 18.2 Å². The van der Waals surface area contributed by atoms with Gasteiger partial charge in [0, 0.05) is 5.69 Å². The van der Waals surface area contributed by atoms with Crippen LogP contribution in [0.3, 0.4) is 0 Å². The Bertz CT molecular complexity index is 579. The molecule has 1 aromatic carbocycles. The summed E-state index contributed by atoms with van der Waals surface area (Å²) in [5.74, 6) is -0.583. The maximum atomic E-state index is 11.7. The van der Waals surface area contributed by atoms with Gasteiger partial charge < -0.3 is 10.4 Å². The van der Waals surface area contributed by atoms with Gasteiger partial charge >= 0.3 is 5.97 Å². The van der Waals surface area contributed by atoms with E-state index in [1.165, 1.54) is 11.8 Å². The molecule has 0 radical (unpaired) electrons. The Balaban J connectivity index is 1.83. The molecule has 0 aliphatic carbocycles. The topological polar surface area (TPSA) is 66.4 Å². The number of hydrogen-bond acceptors (Lipinski definition) is 4. The van der Waals surface area contributed by atoms with Crippen LogP contribution in [-0.2, 0) is 16.0 Å². The van der Waals surface area contributed by atoms with E-state index < -0.39 is 5.97 Å². The van der Waals surface area contributed by atoms with Crippen LogP contribution in [0.4, 0.5) is 5.69 Å². The summed E-state index contributed by atoms with van der Waals surface area (Å²) in [5.41, 5.74) is 1.39. The first-order chi connectivity index (χ1) is 9.63. The fraction of sp³-hybridized carbons (Fsp3) is 0.143. The van der Waals surface area contributed by atoms with Crippen LogP contribution in [0, 0.1) is 0 Å². The van der Waals surface area contributed by atoms with Crippen molar-refractivity contribution in [1.82, 2.24) is 0 Å². The van der Waals surface area contributed by atoms with Crippen molar-refractivity contribution in [2.24, 2.45) is 0 Å². The lowest BCUT2D eigenvalue weighted by molar-refractivity contribution is -0.136. The van der Waals surface area contributed by atoms with E-state index in [-0.39, 0.29) is 12.3 Å². The number of carboxylic acid groups (broad SMARTS) is 1. The first-order valence-electron chi connectivity index (χ1n) is 5.90. The van der Waals surface area contributed by atoms with Gasteiger partial charge in [-0.15, -0.1) is 23.1 Å². The molecule has 0 fully saturated rings. The summed E-state index contributed by atoms with van der Waals surface area (Å²) in [6.07, 6.45) is -0.0115. The monoisotopic (exact) mass is 307 g/mol. The van der Waals surface area contributed by atoms with Crippen molar-refractivity contribution in [1.29, 1.82) is 0 Å². The first kappa shape index (κ1) is 14.6. The molecule has 2 aromatic rings. The summed E-state index contributed by atoms with van der Waals surface area (Å²) in [7, 11) is 0. The zero-order valence-electron chi connectivity index (χ0n) is 10.5. The largest absolute Gasteiger partial charge is 0.481 e. The molecule has 104 valence electrons. The number of anilines is 1. The molecule has 1 amide bonds. The molecular weight excluding hydrogens is 294 g/mol. The Morgan fingerprint density at radius 3 is 2.55 bits per heavy atom. The zero-order chi connectivity index (χ0) is 14.4. The number of carbonyl (C=O) groups excluding carboxylic acids is 1. The Morgan fingerprint density at radius 1 is 1.20 bits per heavy atom. The van der Waals surface area contributed by atoms with E-state index in [2.05, 4.69) is 5.32 Å². The molecule has 1 heterocycles. The summed E-state index contributed by atoms with van der Waals surface area (Å²) in [4.78, 5) is 22.3. The van der Waals surface area contributed by atoms with E-state index in [1.54, 1.807) is 35.6 Å². The Kier molecular flexibility index (Phi) is 5.20. The third-order valence-corrected chi connectivity index (χ3v) is 4.56. The standard InChI is InChI=1S/C14H13NO3S2/c16-12(9-20-14-2-1-7-19-14)15-11-5-3-10(4-6-11)8-13(17)18/h1-7H,8-9H2,(H,15,16)(H,17,18). The number of carbonyl (C=O) groups is 2. The van der Waals surface area contributed by atoms with Crippen LogP contribution in [-0.4, -0.2) is 22.7 Å². The average molecular weight is 307 g/mol. The summed E-state index contributed by atoms with van der Waals surface area (Å²) in [6.45, 7) is 0. The number of rotatable bonds is 6. The number of hydrogen-bond donors (Lipinski definition) is 2. The van der Waals surface area contributed by atoms with E-state index in [0.717, 1.165) is 4.21 Å². The second kappa shape index (κ2) is 7.12. The van der Waals surface area contributed by atoms with E-state index in [4.69, 9.17) is 5.11 Å². The summed E-state index contributed by atoms with van der Waals surface area (Å²) >= 11 is 3.10. The third kappa shape index (κ3) is 4.71. The highest BCUT2D eigenvalue weighted by Gasteiger charge is 2.05. The maximum absolute atomic E-state index is 11.7. The lowest BCUT2D eigenvalue weighted by Gasteiger charge is -2.05. The molecule has 4 nitrogen and oxygen atoms in total. The molecule has 0 spiro atoms. The molecule has 2 rings (SSSR count). The zero-order valence-corrected chi connectivity index (χ0v) is 12.2. The minimum atomic E-state index is -0.867. The quantitative estimate of drug-likeness (QED) is 0.805. The van der Waals surface area contributed by atoms with E-state index in [0.29, 0.717) is 17.0 Å². The van der Waals surface area contributed by atoms with Gasteiger partial charge in [-0.3, -0.25) is 9.59 Å². The number of aliphatic carboxylic acids is 1. The number of thiophene rings is 1. The Morgan fingerprint density at radius 2 is 1.95 bits per heavy atom. The van der Waals surface area contributed by atoms with Crippen molar-refractivity contribution in [3.8, 4) is 0 Å². The first-order valence-corrected chi connectivity index (χ1v) is 7.77. The Hall–Kier alpha value is -1.79. The molecule has 0 bridgehead atoms. The smallest absolute Gasteiger partial charge is 0.307 e. The highest BCUT2D eigenvalue weighted by Crippen LogP contribution is 2.23. The lowest BCUT2D eigenvalue weighted by atomic mass is 10.1. The molecule has 1 aromatic heterocycles. The number of benzene rings is 1. The van der Waals surface area contributed by atoms with E-state index in [9.17, 15) is 9.59 Å². The Labute approximate surface area is 124 Å². The van der Waals surface area contributed by atoms with Crippen molar-refractivity contribution >= 4 is 40.7 Å². The number of amides is 1. The van der Waals surface area contributed by atoms with Gasteiger partial charge in [-0.25, -0.2) is 0 Å². The highest BCUT2D eigenvalue weighted by molar-refractivity contribution is 8.01. The van der Waals surface area contributed by atoms with Gasteiger partial charge in [0.2, 0.25) is 5.91 Å². The van der Waals surface area contributed by atoms with Gasteiger partial charge in [0.05, 0.1) is 16.4 Å². The molecule has 20 heavy (non-hydrogen) atoms. The van der Waals surface area contributed by atoms with Gasteiger partial charge in [-0.05, 0) is 29.1 Å². The SMILES string of the molecule is O=C(O)Cc1ccc(NC(=O)CSc2cccs2)cc1. The second-order valence-electron chi connectivity index (χ2n) is 4.04. The van der Waals surface area contributed by atoms with E-state index in [1.807, 2.05) is 17.5 Å². The van der Waals surface area contributed by atoms with Gasteiger partial charge in [-0.2, -0.15) is 0 Å². The van der Waals surface area contributed by atoms with Gasteiger partial charge in [0.25, 0.3) is 0 Å². The van der Waals surface area contributed by atoms with Gasteiger partial charge in [0.15, 0.2) is 0 Å². The normalized spacial score (nSPS) is 10.2. The molecule has 0 aliphatic heterocycles. The minimum Gasteiger partial charge on any atom is -0.481 e. The van der Waals surface area contributed by atoms with Crippen LogP contribution in [0.25, 0.3) is 0 Å². The van der Waals surface area contributed by atoms with Crippen LogP contribution >= 0.6 is 23.1 Å². The average Bonchev–Trinajstić information content (AvgIpc) is 2.91. The molecule has 2 N–H and O–H groups in total.